The Kier molecular flexibility index (Phi) is 3.88. The lowest BCUT2D eigenvalue weighted by molar-refractivity contribution is 0.0950. The van der Waals surface area contributed by atoms with Crippen LogP contribution in [0.25, 0.3) is 0 Å². The molecule has 0 aliphatic carbocycles. The number of aromatic nitrogens is 2. The van der Waals surface area contributed by atoms with Crippen LogP contribution in [0.2, 0.25) is 0 Å². The zero-order chi connectivity index (χ0) is 13.0. The maximum absolute atomic E-state index is 11.8. The maximum atomic E-state index is 11.8. The molecule has 0 aromatic carbocycles. The van der Waals surface area contributed by atoms with Crippen LogP contribution in [-0.4, -0.2) is 22.4 Å². The summed E-state index contributed by atoms with van der Waals surface area (Å²) in [6.45, 7) is 2.44. The van der Waals surface area contributed by atoms with Gasteiger partial charge in [0.05, 0.1) is 5.01 Å². The van der Waals surface area contributed by atoms with E-state index in [0.29, 0.717) is 6.54 Å². The molecule has 0 aliphatic rings. The molecule has 5 nitrogen and oxygen atoms in total. The van der Waals surface area contributed by atoms with E-state index in [1.807, 2.05) is 12.3 Å². The molecule has 2 aromatic rings. The van der Waals surface area contributed by atoms with E-state index in [-0.39, 0.29) is 22.8 Å². The Bertz CT molecular complexity index is 577. The van der Waals surface area contributed by atoms with E-state index in [1.54, 1.807) is 17.5 Å². The van der Waals surface area contributed by atoms with E-state index in [1.165, 1.54) is 18.5 Å². The molecule has 2 rings (SSSR count). The lowest BCUT2D eigenvalue weighted by Gasteiger charge is -2.09. The van der Waals surface area contributed by atoms with Crippen LogP contribution >= 0.6 is 11.3 Å². The van der Waals surface area contributed by atoms with Gasteiger partial charge in [0, 0.05) is 42.5 Å². The standard InChI is InChI=1S/C12H13N3O2S/c1-8(12-14-4-5-18-12)6-15-11(17)9-7-13-3-2-10(9)16/h2-5,7-8H,6H2,1H3,(H,13,16)(H,15,17). The minimum Gasteiger partial charge on any atom is -0.367 e. The second-order valence-corrected chi connectivity index (χ2v) is 4.83. The van der Waals surface area contributed by atoms with Crippen molar-refractivity contribution in [2.24, 2.45) is 0 Å². The van der Waals surface area contributed by atoms with Crippen molar-refractivity contribution in [3.8, 4) is 0 Å². The highest BCUT2D eigenvalue weighted by Crippen LogP contribution is 2.16. The molecular formula is C12H13N3O2S. The van der Waals surface area contributed by atoms with Crippen molar-refractivity contribution in [2.45, 2.75) is 12.8 Å². The van der Waals surface area contributed by atoms with Gasteiger partial charge in [0.15, 0.2) is 5.43 Å². The second-order valence-electron chi connectivity index (χ2n) is 3.90. The largest absolute Gasteiger partial charge is 0.367 e. The van der Waals surface area contributed by atoms with Crippen molar-refractivity contribution < 1.29 is 4.79 Å². The average molecular weight is 263 g/mol. The number of nitrogens with one attached hydrogen (secondary N) is 2. The number of rotatable bonds is 4. The summed E-state index contributed by atoms with van der Waals surface area (Å²) in [7, 11) is 0. The fourth-order valence-corrected chi connectivity index (χ4v) is 2.20. The molecule has 18 heavy (non-hydrogen) atoms. The first-order chi connectivity index (χ1) is 8.68. The van der Waals surface area contributed by atoms with Gasteiger partial charge in [-0.1, -0.05) is 6.92 Å². The summed E-state index contributed by atoms with van der Waals surface area (Å²) >= 11 is 1.55. The lowest BCUT2D eigenvalue weighted by atomic mass is 10.2. The first kappa shape index (κ1) is 12.5. The van der Waals surface area contributed by atoms with Gasteiger partial charge in [-0.3, -0.25) is 9.59 Å². The van der Waals surface area contributed by atoms with E-state index in [0.717, 1.165) is 5.01 Å². The van der Waals surface area contributed by atoms with E-state index in [4.69, 9.17) is 0 Å². The van der Waals surface area contributed by atoms with Crippen molar-refractivity contribution in [3.63, 3.8) is 0 Å². The molecule has 2 heterocycles. The molecule has 0 saturated carbocycles. The highest BCUT2D eigenvalue weighted by molar-refractivity contribution is 7.09. The Labute approximate surface area is 108 Å². The van der Waals surface area contributed by atoms with Crippen LogP contribution in [0.3, 0.4) is 0 Å². The SMILES string of the molecule is CC(CNC(=O)c1c[nH]ccc1=O)c1nccs1. The van der Waals surface area contributed by atoms with E-state index >= 15 is 0 Å². The van der Waals surface area contributed by atoms with Gasteiger partial charge in [0.1, 0.15) is 5.56 Å². The highest BCUT2D eigenvalue weighted by Gasteiger charge is 2.12. The smallest absolute Gasteiger partial charge is 0.256 e. The Morgan fingerprint density at radius 1 is 1.61 bits per heavy atom. The quantitative estimate of drug-likeness (QED) is 0.874. The number of nitrogens with zero attached hydrogens (tertiary/aromatic N) is 1. The molecule has 1 unspecified atom stereocenters. The molecule has 1 atom stereocenters. The molecule has 2 N–H and O–H groups in total. The fourth-order valence-electron chi connectivity index (χ4n) is 1.50. The topological polar surface area (TPSA) is 74.8 Å². The summed E-state index contributed by atoms with van der Waals surface area (Å²) in [4.78, 5) is 30.1. The number of carbonyl (C=O) groups is 1. The third kappa shape index (κ3) is 2.84. The molecule has 0 fully saturated rings. The zero-order valence-electron chi connectivity index (χ0n) is 9.84. The molecule has 0 spiro atoms. The molecular weight excluding hydrogens is 250 g/mol. The summed E-state index contributed by atoms with van der Waals surface area (Å²) in [5.41, 5.74) is -0.156. The maximum Gasteiger partial charge on any atom is 0.256 e. The first-order valence-electron chi connectivity index (χ1n) is 5.53. The zero-order valence-corrected chi connectivity index (χ0v) is 10.7. The predicted molar refractivity (Wildman–Crippen MR) is 69.9 cm³/mol. The third-order valence-electron chi connectivity index (χ3n) is 2.51. The van der Waals surface area contributed by atoms with Crippen molar-refractivity contribution in [2.75, 3.05) is 6.54 Å². The summed E-state index contributed by atoms with van der Waals surface area (Å²) < 4.78 is 0. The molecule has 1 amide bonds. The summed E-state index contributed by atoms with van der Waals surface area (Å²) in [5, 5.41) is 5.60. The van der Waals surface area contributed by atoms with Crippen LogP contribution in [0.5, 0.6) is 0 Å². The van der Waals surface area contributed by atoms with Gasteiger partial charge in [-0.15, -0.1) is 11.3 Å². The molecule has 0 bridgehead atoms. The number of amides is 1. The highest BCUT2D eigenvalue weighted by atomic mass is 32.1. The number of hydrogen-bond donors (Lipinski definition) is 2. The predicted octanol–water partition coefficient (Wildman–Crippen LogP) is 1.36. The van der Waals surface area contributed by atoms with Crippen LogP contribution in [0.1, 0.15) is 28.2 Å². The number of hydrogen-bond acceptors (Lipinski definition) is 4. The van der Waals surface area contributed by atoms with Gasteiger partial charge in [-0.2, -0.15) is 0 Å². The number of carbonyl (C=O) groups excluding carboxylic acids is 1. The Morgan fingerprint density at radius 2 is 2.44 bits per heavy atom. The van der Waals surface area contributed by atoms with Crippen molar-refractivity contribution >= 4 is 17.2 Å². The first-order valence-corrected chi connectivity index (χ1v) is 6.41. The number of H-pyrrole nitrogens is 1. The van der Waals surface area contributed by atoms with E-state index in [9.17, 15) is 9.59 Å². The van der Waals surface area contributed by atoms with Crippen molar-refractivity contribution in [3.05, 3.63) is 50.8 Å². The van der Waals surface area contributed by atoms with E-state index < -0.39 is 0 Å². The number of pyridine rings is 1. The van der Waals surface area contributed by atoms with Gasteiger partial charge in [0.25, 0.3) is 5.91 Å². The molecule has 6 heteroatoms. The fraction of sp³-hybridized carbons (Fsp3) is 0.250. The molecule has 0 radical (unpaired) electrons. The minimum absolute atomic E-state index is 0.129. The van der Waals surface area contributed by atoms with Gasteiger partial charge in [-0.25, -0.2) is 4.98 Å². The number of thiazole rings is 1. The van der Waals surface area contributed by atoms with Gasteiger partial charge < -0.3 is 10.3 Å². The van der Waals surface area contributed by atoms with Crippen LogP contribution < -0.4 is 10.7 Å². The monoisotopic (exact) mass is 263 g/mol. The molecule has 94 valence electrons. The average Bonchev–Trinajstić information content (AvgIpc) is 2.90. The Morgan fingerprint density at radius 3 is 3.11 bits per heavy atom. The second kappa shape index (κ2) is 5.59. The summed E-state index contributed by atoms with van der Waals surface area (Å²) in [5.74, 6) is -0.225. The molecule has 0 aliphatic heterocycles. The molecule has 2 aromatic heterocycles. The lowest BCUT2D eigenvalue weighted by Crippen LogP contribution is -2.31. The van der Waals surface area contributed by atoms with Crippen LogP contribution in [0, 0.1) is 0 Å². The van der Waals surface area contributed by atoms with Crippen LogP contribution in [-0.2, 0) is 0 Å². The Hall–Kier alpha value is -1.95. The minimum atomic E-state index is -0.361. The normalized spacial score (nSPS) is 12.1. The van der Waals surface area contributed by atoms with Gasteiger partial charge in [0.2, 0.25) is 0 Å². The van der Waals surface area contributed by atoms with Crippen LogP contribution in [0.4, 0.5) is 0 Å². The Balaban J connectivity index is 1.97. The third-order valence-corrected chi connectivity index (χ3v) is 3.52. The summed E-state index contributed by atoms with van der Waals surface area (Å²) in [6, 6.07) is 1.33. The van der Waals surface area contributed by atoms with E-state index in [2.05, 4.69) is 15.3 Å². The van der Waals surface area contributed by atoms with Crippen LogP contribution in [0.15, 0.2) is 34.8 Å². The van der Waals surface area contributed by atoms with Gasteiger partial charge >= 0.3 is 0 Å². The van der Waals surface area contributed by atoms with Crippen molar-refractivity contribution in [1.82, 2.24) is 15.3 Å². The number of aromatic amines is 1. The van der Waals surface area contributed by atoms with Gasteiger partial charge in [-0.05, 0) is 0 Å². The molecule has 0 saturated heterocycles. The van der Waals surface area contributed by atoms with Crippen molar-refractivity contribution in [1.29, 1.82) is 0 Å². The summed E-state index contributed by atoms with van der Waals surface area (Å²) in [6.07, 6.45) is 4.64.